The Kier molecular flexibility index (Phi) is 3.25. The molecule has 0 bridgehead atoms. The molecule has 1 aliphatic rings. The van der Waals surface area contributed by atoms with E-state index in [0.29, 0.717) is 17.2 Å². The lowest BCUT2D eigenvalue weighted by Gasteiger charge is -2.08. The van der Waals surface area contributed by atoms with Gasteiger partial charge in [-0.15, -0.1) is 0 Å². The van der Waals surface area contributed by atoms with Crippen LogP contribution in [0, 0.1) is 10.1 Å². The second kappa shape index (κ2) is 5.06. The first-order chi connectivity index (χ1) is 9.69. The molecule has 1 aliphatic heterocycles. The van der Waals surface area contributed by atoms with E-state index in [1.165, 1.54) is 12.1 Å². The zero-order valence-electron chi connectivity index (χ0n) is 10.4. The number of non-ortho nitro benzene ring substituents is 1. The maximum absolute atomic E-state index is 10.8. The quantitative estimate of drug-likeness (QED) is 0.506. The van der Waals surface area contributed by atoms with Gasteiger partial charge in [0, 0.05) is 34.8 Å². The van der Waals surface area contributed by atoms with E-state index in [0.717, 1.165) is 22.8 Å². The molecule has 0 radical (unpaired) electrons. The summed E-state index contributed by atoms with van der Waals surface area (Å²) >= 11 is 1.74. The molecule has 20 heavy (non-hydrogen) atoms. The summed E-state index contributed by atoms with van der Waals surface area (Å²) in [5.74, 6) is 8.15. The van der Waals surface area contributed by atoms with E-state index < -0.39 is 4.92 Å². The Hall–Kier alpha value is -2.19. The lowest BCUT2D eigenvalue weighted by molar-refractivity contribution is -0.384. The molecule has 0 aliphatic carbocycles. The number of aromatic nitrogens is 2. The van der Waals surface area contributed by atoms with Crippen LogP contribution in [0.15, 0.2) is 24.3 Å². The third kappa shape index (κ3) is 2.19. The number of hydrogen-bond acceptors (Lipinski definition) is 7. The van der Waals surface area contributed by atoms with E-state index in [1.54, 1.807) is 23.9 Å². The standard InChI is InChI=1S/C12H11N5O2S/c13-16-12-9-5-20-6-10(9)14-11(15-12)7-2-1-3-8(4-7)17(18)19/h1-4H,5-6,13H2,(H,14,15,16). The lowest BCUT2D eigenvalue weighted by atomic mass is 10.1. The molecule has 3 rings (SSSR count). The number of nitro groups is 1. The van der Waals surface area contributed by atoms with Crippen molar-refractivity contribution in [1.82, 2.24) is 9.97 Å². The molecule has 2 aromatic rings. The topological polar surface area (TPSA) is 107 Å². The number of hydrogen-bond donors (Lipinski definition) is 2. The fraction of sp³-hybridized carbons (Fsp3) is 0.167. The molecular formula is C12H11N5O2S. The largest absolute Gasteiger partial charge is 0.308 e. The highest BCUT2D eigenvalue weighted by atomic mass is 32.2. The average molecular weight is 289 g/mol. The monoisotopic (exact) mass is 289 g/mol. The van der Waals surface area contributed by atoms with Crippen molar-refractivity contribution in [3.05, 3.63) is 45.6 Å². The highest BCUT2D eigenvalue weighted by molar-refractivity contribution is 7.98. The van der Waals surface area contributed by atoms with E-state index in [-0.39, 0.29) is 5.69 Å². The fourth-order valence-corrected chi connectivity index (χ4v) is 3.10. The molecule has 0 saturated carbocycles. The summed E-state index contributed by atoms with van der Waals surface area (Å²) in [7, 11) is 0. The summed E-state index contributed by atoms with van der Waals surface area (Å²) in [6.45, 7) is 0. The Morgan fingerprint density at radius 3 is 2.95 bits per heavy atom. The maximum Gasteiger partial charge on any atom is 0.270 e. The Morgan fingerprint density at radius 2 is 2.20 bits per heavy atom. The van der Waals surface area contributed by atoms with Crippen LogP contribution in [0.4, 0.5) is 11.5 Å². The van der Waals surface area contributed by atoms with Crippen LogP contribution in [0.5, 0.6) is 0 Å². The van der Waals surface area contributed by atoms with Crippen LogP contribution in [0.2, 0.25) is 0 Å². The summed E-state index contributed by atoms with van der Waals surface area (Å²) in [5, 5.41) is 10.8. The predicted molar refractivity (Wildman–Crippen MR) is 76.9 cm³/mol. The first kappa shape index (κ1) is 12.8. The average Bonchev–Trinajstić information content (AvgIpc) is 2.94. The van der Waals surface area contributed by atoms with Crippen LogP contribution in [0.25, 0.3) is 11.4 Å². The third-order valence-electron chi connectivity index (χ3n) is 3.03. The molecule has 1 aromatic heterocycles. The van der Waals surface area contributed by atoms with Gasteiger partial charge in [0.2, 0.25) is 0 Å². The molecule has 1 aromatic carbocycles. The number of nitrogen functional groups attached to an aromatic ring is 1. The van der Waals surface area contributed by atoms with Crippen molar-refractivity contribution in [3.8, 4) is 11.4 Å². The van der Waals surface area contributed by atoms with E-state index in [4.69, 9.17) is 5.84 Å². The smallest absolute Gasteiger partial charge is 0.270 e. The third-order valence-corrected chi connectivity index (χ3v) is 4.00. The van der Waals surface area contributed by atoms with E-state index in [2.05, 4.69) is 15.4 Å². The second-order valence-electron chi connectivity index (χ2n) is 4.27. The van der Waals surface area contributed by atoms with Gasteiger partial charge < -0.3 is 5.43 Å². The van der Waals surface area contributed by atoms with Gasteiger partial charge in [0.25, 0.3) is 5.69 Å². The van der Waals surface area contributed by atoms with E-state index >= 15 is 0 Å². The highest BCUT2D eigenvalue weighted by Gasteiger charge is 2.20. The van der Waals surface area contributed by atoms with Gasteiger partial charge in [-0.3, -0.25) is 10.1 Å². The minimum Gasteiger partial charge on any atom is -0.308 e. The minimum absolute atomic E-state index is 0.0169. The van der Waals surface area contributed by atoms with Gasteiger partial charge in [-0.1, -0.05) is 12.1 Å². The Morgan fingerprint density at radius 1 is 1.35 bits per heavy atom. The number of anilines is 1. The summed E-state index contributed by atoms with van der Waals surface area (Å²) in [6, 6.07) is 6.27. The number of nitrogens with two attached hydrogens (primary N) is 1. The Labute approximate surface area is 118 Å². The second-order valence-corrected chi connectivity index (χ2v) is 5.25. The van der Waals surface area contributed by atoms with Crippen LogP contribution >= 0.6 is 11.8 Å². The first-order valence-electron chi connectivity index (χ1n) is 5.88. The van der Waals surface area contributed by atoms with Crippen molar-refractivity contribution in [1.29, 1.82) is 0 Å². The van der Waals surface area contributed by atoms with Gasteiger partial charge in [0.1, 0.15) is 5.82 Å². The summed E-state index contributed by atoms with van der Waals surface area (Å²) in [4.78, 5) is 19.2. The zero-order valence-corrected chi connectivity index (χ0v) is 11.2. The van der Waals surface area contributed by atoms with Crippen LogP contribution in [0.1, 0.15) is 11.3 Å². The number of fused-ring (bicyclic) bond motifs is 1. The van der Waals surface area contributed by atoms with Crippen molar-refractivity contribution in [2.75, 3.05) is 5.43 Å². The van der Waals surface area contributed by atoms with Crippen molar-refractivity contribution < 1.29 is 4.92 Å². The number of nitro benzene ring substituents is 1. The van der Waals surface area contributed by atoms with Crippen molar-refractivity contribution in [2.45, 2.75) is 11.5 Å². The predicted octanol–water partition coefficient (Wildman–Crippen LogP) is 2.08. The van der Waals surface area contributed by atoms with Crippen LogP contribution in [-0.2, 0) is 11.5 Å². The molecule has 0 atom stereocenters. The molecule has 3 N–H and O–H groups in total. The van der Waals surface area contributed by atoms with Crippen LogP contribution in [0.3, 0.4) is 0 Å². The first-order valence-corrected chi connectivity index (χ1v) is 7.03. The molecule has 0 unspecified atom stereocenters. The van der Waals surface area contributed by atoms with Crippen LogP contribution < -0.4 is 11.3 Å². The lowest BCUT2D eigenvalue weighted by Crippen LogP contribution is -2.12. The minimum atomic E-state index is -0.436. The molecule has 7 nitrogen and oxygen atoms in total. The number of hydrazine groups is 1. The molecular weight excluding hydrogens is 278 g/mol. The molecule has 102 valence electrons. The normalized spacial score (nSPS) is 13.1. The highest BCUT2D eigenvalue weighted by Crippen LogP contribution is 2.34. The van der Waals surface area contributed by atoms with Gasteiger partial charge in [0.15, 0.2) is 5.82 Å². The Balaban J connectivity index is 2.11. The van der Waals surface area contributed by atoms with Crippen LogP contribution in [-0.4, -0.2) is 14.9 Å². The SMILES string of the molecule is NNc1nc(-c2cccc([N+](=O)[O-])c2)nc2c1CSC2. The molecule has 0 amide bonds. The van der Waals surface area contributed by atoms with Gasteiger partial charge in [0.05, 0.1) is 10.6 Å². The summed E-state index contributed by atoms with van der Waals surface area (Å²) in [6.07, 6.45) is 0. The summed E-state index contributed by atoms with van der Waals surface area (Å²) < 4.78 is 0. The fourth-order valence-electron chi connectivity index (χ4n) is 2.06. The summed E-state index contributed by atoms with van der Waals surface area (Å²) in [5.41, 5.74) is 5.14. The molecule has 8 heteroatoms. The number of thioether (sulfide) groups is 1. The molecule has 0 fully saturated rings. The van der Waals surface area contributed by atoms with E-state index in [9.17, 15) is 10.1 Å². The molecule has 2 heterocycles. The maximum atomic E-state index is 10.8. The zero-order chi connectivity index (χ0) is 14.1. The van der Waals surface area contributed by atoms with Gasteiger partial charge in [-0.2, -0.15) is 11.8 Å². The van der Waals surface area contributed by atoms with E-state index in [1.807, 2.05) is 0 Å². The Bertz CT molecular complexity index is 692. The number of benzene rings is 1. The van der Waals surface area contributed by atoms with Gasteiger partial charge in [-0.05, 0) is 0 Å². The van der Waals surface area contributed by atoms with Crippen molar-refractivity contribution in [3.63, 3.8) is 0 Å². The van der Waals surface area contributed by atoms with Gasteiger partial charge >= 0.3 is 0 Å². The molecule has 0 spiro atoms. The number of rotatable bonds is 3. The van der Waals surface area contributed by atoms with Crippen molar-refractivity contribution in [2.24, 2.45) is 5.84 Å². The molecule has 0 saturated heterocycles. The number of nitrogens with one attached hydrogen (secondary N) is 1. The van der Waals surface area contributed by atoms with Crippen molar-refractivity contribution >= 4 is 23.3 Å². The number of nitrogens with zero attached hydrogens (tertiary/aromatic N) is 3. The van der Waals surface area contributed by atoms with Gasteiger partial charge in [-0.25, -0.2) is 15.8 Å².